The number of amides is 1. The van der Waals surface area contributed by atoms with Crippen molar-refractivity contribution in [1.82, 2.24) is 19.7 Å². The molecule has 0 radical (unpaired) electrons. The largest absolute Gasteiger partial charge is 0.497 e. The van der Waals surface area contributed by atoms with Gasteiger partial charge in [-0.1, -0.05) is 6.07 Å². The number of H-pyrrole nitrogens is 1. The van der Waals surface area contributed by atoms with Crippen LogP contribution in [0.3, 0.4) is 0 Å². The fourth-order valence-electron chi connectivity index (χ4n) is 2.99. The normalized spacial score (nSPS) is 10.7. The van der Waals surface area contributed by atoms with Gasteiger partial charge in [-0.3, -0.25) is 9.59 Å². The predicted molar refractivity (Wildman–Crippen MR) is 102 cm³/mol. The van der Waals surface area contributed by atoms with E-state index in [0.29, 0.717) is 12.2 Å². The summed E-state index contributed by atoms with van der Waals surface area (Å²) in [6.07, 6.45) is 3.56. The highest BCUT2D eigenvalue weighted by Gasteiger charge is 2.19. The third-order valence-corrected chi connectivity index (χ3v) is 4.29. The average Bonchev–Trinajstić information content (AvgIpc) is 3.09. The molecule has 7 heteroatoms. The summed E-state index contributed by atoms with van der Waals surface area (Å²) in [7, 11) is 3.28. The first-order chi connectivity index (χ1) is 12.9. The van der Waals surface area contributed by atoms with Gasteiger partial charge in [-0.15, -0.1) is 0 Å². The Balaban J connectivity index is 1.79. The van der Waals surface area contributed by atoms with Crippen LogP contribution in [0.25, 0.3) is 5.69 Å². The summed E-state index contributed by atoms with van der Waals surface area (Å²) in [5.41, 5.74) is 2.92. The standard InChI is InChI=1S/C20H22N4O3/c1-13-8-18(25)19(14(2)22-13)20(26)23(3)11-15-10-21-24(12-15)16-6-5-7-17(9-16)27-4/h5-10,12H,11H2,1-4H3,(H,22,25). The van der Waals surface area contributed by atoms with Crippen molar-refractivity contribution >= 4 is 5.91 Å². The zero-order valence-electron chi connectivity index (χ0n) is 15.8. The highest BCUT2D eigenvalue weighted by molar-refractivity contribution is 5.94. The van der Waals surface area contributed by atoms with Crippen molar-refractivity contribution in [1.29, 1.82) is 0 Å². The number of hydrogen-bond acceptors (Lipinski definition) is 4. The van der Waals surface area contributed by atoms with Gasteiger partial charge in [-0.05, 0) is 26.0 Å². The number of aromatic nitrogens is 3. The lowest BCUT2D eigenvalue weighted by Crippen LogP contribution is -2.31. The second-order valence-corrected chi connectivity index (χ2v) is 6.47. The number of hydrogen-bond donors (Lipinski definition) is 1. The lowest BCUT2D eigenvalue weighted by molar-refractivity contribution is 0.0782. The number of carbonyl (C=O) groups excluding carboxylic acids is 1. The maximum absolute atomic E-state index is 12.7. The molecule has 0 fully saturated rings. The van der Waals surface area contributed by atoms with Gasteiger partial charge in [0.15, 0.2) is 5.43 Å². The molecule has 0 bridgehead atoms. The molecule has 0 unspecified atom stereocenters. The van der Waals surface area contributed by atoms with Crippen molar-refractivity contribution in [2.24, 2.45) is 0 Å². The summed E-state index contributed by atoms with van der Waals surface area (Å²) in [5.74, 6) is 0.425. The van der Waals surface area contributed by atoms with Gasteiger partial charge in [0.05, 0.1) is 19.0 Å². The number of aryl methyl sites for hydroxylation is 2. The quantitative estimate of drug-likeness (QED) is 0.752. The molecule has 27 heavy (non-hydrogen) atoms. The van der Waals surface area contributed by atoms with E-state index in [2.05, 4.69) is 10.1 Å². The Labute approximate surface area is 157 Å². The molecule has 140 valence electrons. The molecule has 1 aromatic carbocycles. The summed E-state index contributed by atoms with van der Waals surface area (Å²) in [4.78, 5) is 29.5. The summed E-state index contributed by atoms with van der Waals surface area (Å²) in [5, 5.41) is 4.35. The number of nitrogens with zero attached hydrogens (tertiary/aromatic N) is 3. The van der Waals surface area contributed by atoms with Crippen molar-refractivity contribution in [3.8, 4) is 11.4 Å². The zero-order valence-corrected chi connectivity index (χ0v) is 15.8. The lowest BCUT2D eigenvalue weighted by Gasteiger charge is -2.17. The Morgan fingerprint density at radius 2 is 2.07 bits per heavy atom. The molecule has 7 nitrogen and oxygen atoms in total. The lowest BCUT2D eigenvalue weighted by atomic mass is 10.1. The molecule has 3 rings (SSSR count). The van der Waals surface area contributed by atoms with Crippen LogP contribution in [0.15, 0.2) is 47.5 Å². The van der Waals surface area contributed by atoms with Gasteiger partial charge in [0.1, 0.15) is 11.3 Å². The monoisotopic (exact) mass is 366 g/mol. The molecule has 1 N–H and O–H groups in total. The smallest absolute Gasteiger partial charge is 0.259 e. The van der Waals surface area contributed by atoms with Gasteiger partial charge < -0.3 is 14.6 Å². The zero-order chi connectivity index (χ0) is 19.6. The fraction of sp³-hybridized carbons (Fsp3) is 0.250. The number of pyridine rings is 1. The van der Waals surface area contributed by atoms with E-state index in [4.69, 9.17) is 4.74 Å². The van der Waals surface area contributed by atoms with Crippen molar-refractivity contribution in [3.63, 3.8) is 0 Å². The number of rotatable bonds is 5. The molecule has 0 spiro atoms. The summed E-state index contributed by atoms with van der Waals surface area (Å²) in [6, 6.07) is 8.98. The van der Waals surface area contributed by atoms with Gasteiger partial charge in [0.25, 0.3) is 5.91 Å². The van der Waals surface area contributed by atoms with Crippen LogP contribution in [-0.4, -0.2) is 39.7 Å². The minimum absolute atomic E-state index is 0.170. The van der Waals surface area contributed by atoms with Crippen molar-refractivity contribution in [3.05, 3.63) is 75.5 Å². The van der Waals surface area contributed by atoms with Gasteiger partial charge in [0.2, 0.25) is 0 Å². The molecular weight excluding hydrogens is 344 g/mol. The highest BCUT2D eigenvalue weighted by Crippen LogP contribution is 2.17. The first kappa shape index (κ1) is 18.4. The SMILES string of the molecule is COc1cccc(-n2cc(CN(C)C(=O)c3c(C)[nH]c(C)cc3=O)cn2)c1. The van der Waals surface area contributed by atoms with Gasteiger partial charge >= 0.3 is 0 Å². The second kappa shape index (κ2) is 7.49. The summed E-state index contributed by atoms with van der Waals surface area (Å²) in [6.45, 7) is 3.87. The second-order valence-electron chi connectivity index (χ2n) is 6.47. The van der Waals surface area contributed by atoms with Crippen LogP contribution >= 0.6 is 0 Å². The number of carbonyl (C=O) groups is 1. The number of methoxy groups -OCH3 is 1. The van der Waals surface area contributed by atoms with E-state index >= 15 is 0 Å². The van der Waals surface area contributed by atoms with E-state index in [1.807, 2.05) is 30.5 Å². The molecular formula is C20H22N4O3. The number of benzene rings is 1. The minimum Gasteiger partial charge on any atom is -0.497 e. The van der Waals surface area contributed by atoms with Crippen molar-refractivity contribution < 1.29 is 9.53 Å². The molecule has 2 aromatic heterocycles. The van der Waals surface area contributed by atoms with Crippen LogP contribution in [-0.2, 0) is 6.54 Å². The number of nitrogens with one attached hydrogen (secondary N) is 1. The Kier molecular flexibility index (Phi) is 5.12. The van der Waals surface area contributed by atoms with Crippen LogP contribution in [0.5, 0.6) is 5.75 Å². The molecule has 0 atom stereocenters. The van der Waals surface area contributed by atoms with E-state index in [1.165, 1.54) is 11.0 Å². The highest BCUT2D eigenvalue weighted by atomic mass is 16.5. The molecule has 1 amide bonds. The van der Waals surface area contributed by atoms with Crippen LogP contribution in [0.4, 0.5) is 0 Å². The predicted octanol–water partition coefficient (Wildman–Crippen LogP) is 2.46. The van der Waals surface area contributed by atoms with Crippen LogP contribution < -0.4 is 10.2 Å². The first-order valence-electron chi connectivity index (χ1n) is 8.53. The third-order valence-electron chi connectivity index (χ3n) is 4.29. The van der Waals surface area contributed by atoms with Crippen LogP contribution in [0.1, 0.15) is 27.3 Å². The van der Waals surface area contributed by atoms with Gasteiger partial charge in [0, 0.05) is 48.9 Å². The van der Waals surface area contributed by atoms with Gasteiger partial charge in [-0.25, -0.2) is 4.68 Å². The third kappa shape index (κ3) is 3.92. The Morgan fingerprint density at radius 1 is 1.30 bits per heavy atom. The Morgan fingerprint density at radius 3 is 2.78 bits per heavy atom. The van der Waals surface area contributed by atoms with E-state index in [0.717, 1.165) is 22.7 Å². The molecule has 3 aromatic rings. The molecule has 2 heterocycles. The van der Waals surface area contributed by atoms with Crippen molar-refractivity contribution in [2.75, 3.05) is 14.2 Å². The molecule has 0 aliphatic heterocycles. The molecule has 0 saturated heterocycles. The summed E-state index contributed by atoms with van der Waals surface area (Å²) >= 11 is 0. The van der Waals surface area contributed by atoms with Gasteiger partial charge in [-0.2, -0.15) is 5.10 Å². The molecule has 0 saturated carbocycles. The number of ether oxygens (including phenoxy) is 1. The van der Waals surface area contributed by atoms with E-state index in [-0.39, 0.29) is 16.9 Å². The minimum atomic E-state index is -0.317. The first-order valence-corrected chi connectivity index (χ1v) is 8.53. The fourth-order valence-corrected chi connectivity index (χ4v) is 2.99. The van der Waals surface area contributed by atoms with E-state index in [1.54, 1.807) is 38.9 Å². The Bertz CT molecular complexity index is 1040. The van der Waals surface area contributed by atoms with Crippen LogP contribution in [0, 0.1) is 13.8 Å². The maximum atomic E-state index is 12.7. The molecule has 0 aliphatic rings. The topological polar surface area (TPSA) is 80.2 Å². The maximum Gasteiger partial charge on any atom is 0.259 e. The number of aromatic amines is 1. The molecule has 0 aliphatic carbocycles. The van der Waals surface area contributed by atoms with Crippen molar-refractivity contribution in [2.45, 2.75) is 20.4 Å². The Hall–Kier alpha value is -3.35. The summed E-state index contributed by atoms with van der Waals surface area (Å²) < 4.78 is 6.95. The van der Waals surface area contributed by atoms with E-state index in [9.17, 15) is 9.59 Å². The van der Waals surface area contributed by atoms with E-state index < -0.39 is 0 Å². The average molecular weight is 366 g/mol. The van der Waals surface area contributed by atoms with Crippen LogP contribution in [0.2, 0.25) is 0 Å².